The minimum Gasteiger partial charge on any atom is -0.484 e. The molecule has 3 rings (SSSR count). The van der Waals surface area contributed by atoms with Crippen molar-refractivity contribution in [2.75, 3.05) is 6.61 Å². The number of imidazole rings is 1. The molecule has 0 saturated carbocycles. The minimum absolute atomic E-state index is 0.0217. The lowest BCUT2D eigenvalue weighted by Crippen LogP contribution is -2.19. The van der Waals surface area contributed by atoms with Gasteiger partial charge in [0.05, 0.1) is 33.3 Å². The molecule has 0 aliphatic carbocycles. The van der Waals surface area contributed by atoms with Crippen molar-refractivity contribution in [3.8, 4) is 5.75 Å². The molecule has 26 heavy (non-hydrogen) atoms. The molecule has 138 valence electrons. The van der Waals surface area contributed by atoms with E-state index in [0.717, 1.165) is 11.1 Å². The third kappa shape index (κ3) is 4.21. The van der Waals surface area contributed by atoms with Gasteiger partial charge in [0.2, 0.25) is 0 Å². The monoisotopic (exact) mass is 383 g/mol. The van der Waals surface area contributed by atoms with E-state index in [4.69, 9.17) is 4.74 Å². The van der Waals surface area contributed by atoms with Gasteiger partial charge >= 0.3 is 6.18 Å². The number of rotatable bonds is 5. The van der Waals surface area contributed by atoms with E-state index in [0.29, 0.717) is 21.9 Å². The van der Waals surface area contributed by atoms with E-state index in [1.807, 2.05) is 25.1 Å². The first-order valence-electron chi connectivity index (χ1n) is 7.72. The Morgan fingerprint density at radius 2 is 2.00 bits per heavy atom. The number of benzene rings is 1. The SMILES string of the molecule is Cc1ccc2nc(S(=O)Cc3nccc(OCC(F)(F)F)c3C)[nH]c2c1. The van der Waals surface area contributed by atoms with Gasteiger partial charge in [-0.1, -0.05) is 6.07 Å². The summed E-state index contributed by atoms with van der Waals surface area (Å²) in [6.45, 7) is 2.15. The number of aryl methyl sites for hydroxylation is 1. The quantitative estimate of drug-likeness (QED) is 0.727. The average Bonchev–Trinajstić information content (AvgIpc) is 2.98. The second-order valence-electron chi connectivity index (χ2n) is 5.84. The first kappa shape index (κ1) is 18.4. The smallest absolute Gasteiger partial charge is 0.422 e. The van der Waals surface area contributed by atoms with Gasteiger partial charge in [-0.05, 0) is 37.6 Å². The number of hydrogen-bond donors (Lipinski definition) is 1. The Morgan fingerprint density at radius 3 is 2.73 bits per heavy atom. The Balaban J connectivity index is 1.80. The summed E-state index contributed by atoms with van der Waals surface area (Å²) in [6, 6.07) is 7.00. The van der Waals surface area contributed by atoms with Crippen LogP contribution in [0.1, 0.15) is 16.8 Å². The molecule has 2 heterocycles. The molecular weight excluding hydrogens is 367 g/mol. The van der Waals surface area contributed by atoms with Crippen LogP contribution in [0.3, 0.4) is 0 Å². The predicted octanol–water partition coefficient (Wildman–Crippen LogP) is 3.82. The van der Waals surface area contributed by atoms with Crippen LogP contribution < -0.4 is 4.74 Å². The number of halogens is 3. The molecule has 9 heteroatoms. The third-order valence-corrected chi connectivity index (χ3v) is 4.91. The summed E-state index contributed by atoms with van der Waals surface area (Å²) in [7, 11) is -1.52. The number of fused-ring (bicyclic) bond motifs is 1. The van der Waals surface area contributed by atoms with Crippen LogP contribution in [0.2, 0.25) is 0 Å². The first-order valence-corrected chi connectivity index (χ1v) is 9.03. The number of H-pyrrole nitrogens is 1. The molecule has 0 radical (unpaired) electrons. The van der Waals surface area contributed by atoms with Crippen molar-refractivity contribution in [3.05, 3.63) is 47.3 Å². The molecule has 0 amide bonds. The molecule has 1 unspecified atom stereocenters. The molecule has 0 fully saturated rings. The van der Waals surface area contributed by atoms with E-state index in [1.54, 1.807) is 6.92 Å². The van der Waals surface area contributed by atoms with Crippen molar-refractivity contribution in [1.29, 1.82) is 0 Å². The average molecular weight is 383 g/mol. The maximum atomic E-state index is 12.6. The van der Waals surface area contributed by atoms with E-state index in [1.165, 1.54) is 12.3 Å². The molecule has 0 bridgehead atoms. The van der Waals surface area contributed by atoms with Crippen molar-refractivity contribution < 1.29 is 22.1 Å². The molecule has 0 aliphatic rings. The summed E-state index contributed by atoms with van der Waals surface area (Å²) < 4.78 is 54.4. The van der Waals surface area contributed by atoms with Crippen molar-refractivity contribution in [2.24, 2.45) is 0 Å². The standard InChI is InChI=1S/C17H16F3N3O2S/c1-10-3-4-12-13(7-10)23-16(22-12)26(24)8-14-11(2)15(5-6-21-14)25-9-17(18,19)20/h3-7H,8-9H2,1-2H3,(H,22,23). The molecular formula is C17H16F3N3O2S. The lowest BCUT2D eigenvalue weighted by Gasteiger charge is -2.13. The number of nitrogens with zero attached hydrogens (tertiary/aromatic N) is 2. The highest BCUT2D eigenvalue weighted by Crippen LogP contribution is 2.25. The van der Waals surface area contributed by atoms with Crippen LogP contribution >= 0.6 is 0 Å². The zero-order chi connectivity index (χ0) is 18.9. The van der Waals surface area contributed by atoms with Crippen LogP contribution in [-0.4, -0.2) is 31.9 Å². The Morgan fingerprint density at radius 1 is 1.23 bits per heavy atom. The third-order valence-electron chi connectivity index (χ3n) is 3.75. The number of aromatic nitrogens is 3. The fourth-order valence-electron chi connectivity index (χ4n) is 2.42. The van der Waals surface area contributed by atoms with Crippen LogP contribution in [-0.2, 0) is 16.6 Å². The summed E-state index contributed by atoms with van der Waals surface area (Å²) >= 11 is 0. The Hall–Kier alpha value is -2.42. The highest BCUT2D eigenvalue weighted by molar-refractivity contribution is 7.84. The maximum Gasteiger partial charge on any atom is 0.422 e. The maximum absolute atomic E-state index is 12.6. The van der Waals surface area contributed by atoms with Crippen LogP contribution in [0, 0.1) is 13.8 Å². The number of ether oxygens (including phenoxy) is 1. The number of hydrogen-bond acceptors (Lipinski definition) is 4. The molecule has 1 atom stereocenters. The lowest BCUT2D eigenvalue weighted by atomic mass is 10.2. The zero-order valence-corrected chi connectivity index (χ0v) is 14.9. The van der Waals surface area contributed by atoms with Gasteiger partial charge in [-0.15, -0.1) is 0 Å². The van der Waals surface area contributed by atoms with Gasteiger partial charge in [0, 0.05) is 11.8 Å². The summed E-state index contributed by atoms with van der Waals surface area (Å²) in [6.07, 6.45) is -3.08. The van der Waals surface area contributed by atoms with E-state index >= 15 is 0 Å². The van der Waals surface area contributed by atoms with Crippen molar-refractivity contribution in [3.63, 3.8) is 0 Å². The topological polar surface area (TPSA) is 67.9 Å². The molecule has 0 spiro atoms. The molecule has 5 nitrogen and oxygen atoms in total. The molecule has 0 saturated heterocycles. The zero-order valence-electron chi connectivity index (χ0n) is 14.1. The van der Waals surface area contributed by atoms with E-state index in [2.05, 4.69) is 15.0 Å². The number of nitrogens with one attached hydrogen (secondary N) is 1. The number of pyridine rings is 1. The summed E-state index contributed by atoms with van der Waals surface area (Å²) in [4.78, 5) is 11.4. The first-order chi connectivity index (χ1) is 12.2. The van der Waals surface area contributed by atoms with E-state index in [9.17, 15) is 17.4 Å². The molecule has 3 aromatic rings. The highest BCUT2D eigenvalue weighted by atomic mass is 32.2. The van der Waals surface area contributed by atoms with Gasteiger partial charge in [-0.3, -0.25) is 9.19 Å². The summed E-state index contributed by atoms with van der Waals surface area (Å²) in [5.74, 6) is 0.0953. The number of alkyl halides is 3. The Bertz CT molecular complexity index is 970. The normalized spacial score (nSPS) is 13.1. The van der Waals surface area contributed by atoms with Gasteiger partial charge in [0.15, 0.2) is 11.8 Å². The fraction of sp³-hybridized carbons (Fsp3) is 0.294. The number of aromatic amines is 1. The van der Waals surface area contributed by atoms with Gasteiger partial charge in [-0.25, -0.2) is 4.98 Å². The molecule has 1 aromatic carbocycles. The van der Waals surface area contributed by atoms with Gasteiger partial charge in [0.1, 0.15) is 5.75 Å². The highest BCUT2D eigenvalue weighted by Gasteiger charge is 2.29. The van der Waals surface area contributed by atoms with Gasteiger partial charge in [-0.2, -0.15) is 13.2 Å². The predicted molar refractivity (Wildman–Crippen MR) is 91.5 cm³/mol. The van der Waals surface area contributed by atoms with Gasteiger partial charge in [0.25, 0.3) is 0 Å². The largest absolute Gasteiger partial charge is 0.484 e. The van der Waals surface area contributed by atoms with Crippen LogP contribution in [0.15, 0.2) is 35.6 Å². The summed E-state index contributed by atoms with van der Waals surface area (Å²) in [5.41, 5.74) is 3.35. The van der Waals surface area contributed by atoms with Crippen molar-refractivity contribution in [1.82, 2.24) is 15.0 Å². The van der Waals surface area contributed by atoms with E-state index in [-0.39, 0.29) is 11.5 Å². The van der Waals surface area contributed by atoms with Crippen LogP contribution in [0.4, 0.5) is 13.2 Å². The Labute approximate surface area is 150 Å². The lowest BCUT2D eigenvalue weighted by molar-refractivity contribution is -0.153. The van der Waals surface area contributed by atoms with Crippen LogP contribution in [0.5, 0.6) is 5.75 Å². The van der Waals surface area contributed by atoms with E-state index < -0.39 is 23.6 Å². The van der Waals surface area contributed by atoms with Crippen LogP contribution in [0.25, 0.3) is 11.0 Å². The van der Waals surface area contributed by atoms with Crippen molar-refractivity contribution >= 4 is 21.8 Å². The minimum atomic E-state index is -4.43. The second-order valence-corrected chi connectivity index (χ2v) is 7.20. The summed E-state index contributed by atoms with van der Waals surface area (Å²) in [5, 5.41) is 0.299. The second kappa shape index (κ2) is 7.06. The molecule has 2 aromatic heterocycles. The molecule has 0 aliphatic heterocycles. The fourth-order valence-corrected chi connectivity index (χ4v) is 3.52. The molecule has 1 N–H and O–H groups in total. The van der Waals surface area contributed by atoms with Gasteiger partial charge < -0.3 is 9.72 Å². The Kier molecular flexibility index (Phi) is 4.99. The van der Waals surface area contributed by atoms with Crippen molar-refractivity contribution in [2.45, 2.75) is 30.9 Å².